The van der Waals surface area contributed by atoms with Crippen molar-refractivity contribution in [3.05, 3.63) is 60.2 Å². The average Bonchev–Trinajstić information content (AvgIpc) is 2.92. The van der Waals surface area contributed by atoms with Gasteiger partial charge >= 0.3 is 0 Å². The lowest BCUT2D eigenvalue weighted by atomic mass is 9.95. The number of hydrogen-bond acceptors (Lipinski definition) is 5. The van der Waals surface area contributed by atoms with Crippen molar-refractivity contribution in [2.45, 2.75) is 83.8 Å². The number of sulfonamides is 1. The van der Waals surface area contributed by atoms with Gasteiger partial charge in [-0.2, -0.15) is 0 Å². The highest BCUT2D eigenvalue weighted by Gasteiger charge is 2.30. The summed E-state index contributed by atoms with van der Waals surface area (Å²) in [7, 11) is -3.56. The van der Waals surface area contributed by atoms with E-state index in [0.29, 0.717) is 37.4 Å². The van der Waals surface area contributed by atoms with E-state index in [1.807, 2.05) is 44.2 Å². The Hall–Kier alpha value is -3.07. The highest BCUT2D eigenvalue weighted by Crippen LogP contribution is 2.23. The van der Waals surface area contributed by atoms with Gasteiger partial charge in [0.2, 0.25) is 21.8 Å². The van der Waals surface area contributed by atoms with Crippen LogP contribution in [0.2, 0.25) is 0 Å². The lowest BCUT2D eigenvalue weighted by molar-refractivity contribution is -0.141. The van der Waals surface area contributed by atoms with E-state index in [1.165, 1.54) is 10.7 Å². The molecule has 3 rings (SSSR count). The van der Waals surface area contributed by atoms with Crippen LogP contribution in [0.5, 0.6) is 5.75 Å². The molecule has 1 aliphatic rings. The van der Waals surface area contributed by atoms with Crippen molar-refractivity contribution in [3.8, 4) is 5.75 Å². The van der Waals surface area contributed by atoms with E-state index in [9.17, 15) is 18.0 Å². The molecule has 0 saturated heterocycles. The summed E-state index contributed by atoms with van der Waals surface area (Å²) in [5, 5.41) is 3.19. The third-order valence-electron chi connectivity index (χ3n) is 7.12. The van der Waals surface area contributed by atoms with Crippen molar-refractivity contribution < 1.29 is 22.7 Å². The van der Waals surface area contributed by atoms with Crippen molar-refractivity contribution in [2.24, 2.45) is 0 Å². The molecule has 1 aliphatic carbocycles. The molecule has 0 bridgehead atoms. The van der Waals surface area contributed by atoms with Gasteiger partial charge in [-0.05, 0) is 62.4 Å². The largest absolute Gasteiger partial charge is 0.494 e. The van der Waals surface area contributed by atoms with Gasteiger partial charge in [-0.15, -0.1) is 0 Å². The Bertz CT molecular complexity index is 1150. The minimum absolute atomic E-state index is 0.110. The van der Waals surface area contributed by atoms with Crippen LogP contribution in [0.15, 0.2) is 54.6 Å². The van der Waals surface area contributed by atoms with Gasteiger partial charge in [0.15, 0.2) is 0 Å². The number of ether oxygens (including phenoxy) is 1. The molecule has 1 saturated carbocycles. The molecule has 0 heterocycles. The third kappa shape index (κ3) is 9.27. The number of carbonyl (C=O) groups excluding carboxylic acids is 2. The Balaban J connectivity index is 1.72. The van der Waals surface area contributed by atoms with Crippen molar-refractivity contribution in [1.29, 1.82) is 0 Å². The first-order valence-corrected chi connectivity index (χ1v) is 15.9. The van der Waals surface area contributed by atoms with Gasteiger partial charge in [0, 0.05) is 25.6 Å². The number of hydrogen-bond donors (Lipinski definition) is 1. The molecule has 0 spiro atoms. The first-order chi connectivity index (χ1) is 18.7. The molecule has 2 aromatic rings. The molecule has 1 fully saturated rings. The topological polar surface area (TPSA) is 96.0 Å². The van der Waals surface area contributed by atoms with E-state index in [1.54, 1.807) is 29.2 Å². The van der Waals surface area contributed by atoms with Crippen LogP contribution < -0.4 is 14.4 Å². The van der Waals surface area contributed by atoms with Gasteiger partial charge in [0.25, 0.3) is 0 Å². The van der Waals surface area contributed by atoms with Crippen LogP contribution in [-0.4, -0.2) is 56.6 Å². The van der Waals surface area contributed by atoms with E-state index < -0.39 is 16.1 Å². The molecule has 8 nitrogen and oxygen atoms in total. The zero-order valence-electron chi connectivity index (χ0n) is 23.5. The lowest BCUT2D eigenvalue weighted by Gasteiger charge is -2.33. The Morgan fingerprint density at radius 1 is 1.00 bits per heavy atom. The van der Waals surface area contributed by atoms with E-state index in [2.05, 4.69) is 5.32 Å². The minimum Gasteiger partial charge on any atom is -0.494 e. The molecule has 9 heteroatoms. The fourth-order valence-electron chi connectivity index (χ4n) is 5.12. The molecule has 0 aromatic heterocycles. The van der Waals surface area contributed by atoms with Crippen molar-refractivity contribution in [1.82, 2.24) is 10.2 Å². The summed E-state index contributed by atoms with van der Waals surface area (Å²) in [6.45, 7) is 4.81. The molecule has 39 heavy (non-hydrogen) atoms. The maximum atomic E-state index is 13.6. The average molecular weight is 558 g/mol. The second-order valence-corrected chi connectivity index (χ2v) is 12.0. The number of benzene rings is 2. The summed E-state index contributed by atoms with van der Waals surface area (Å²) in [5.41, 5.74) is 1.47. The fraction of sp³-hybridized carbons (Fsp3) is 0.533. The molecule has 0 unspecified atom stereocenters. The summed E-state index contributed by atoms with van der Waals surface area (Å²) < 4.78 is 31.9. The van der Waals surface area contributed by atoms with E-state index >= 15 is 0 Å². The number of carbonyl (C=O) groups is 2. The Morgan fingerprint density at radius 3 is 2.26 bits per heavy atom. The van der Waals surface area contributed by atoms with Crippen molar-refractivity contribution in [3.63, 3.8) is 0 Å². The summed E-state index contributed by atoms with van der Waals surface area (Å²) in [6.07, 6.45) is 7.48. The van der Waals surface area contributed by atoms with Crippen molar-refractivity contribution >= 4 is 27.5 Å². The summed E-state index contributed by atoms with van der Waals surface area (Å²) >= 11 is 0. The molecule has 1 atom stereocenters. The Kier molecular flexibility index (Phi) is 11.7. The van der Waals surface area contributed by atoms with Crippen LogP contribution in [0.4, 0.5) is 5.69 Å². The van der Waals surface area contributed by atoms with Crippen LogP contribution in [0.25, 0.3) is 0 Å². The minimum atomic E-state index is -3.56. The van der Waals surface area contributed by atoms with Crippen molar-refractivity contribution in [2.75, 3.05) is 23.7 Å². The number of amides is 2. The predicted molar refractivity (Wildman–Crippen MR) is 155 cm³/mol. The van der Waals surface area contributed by atoms with Crippen LogP contribution in [0, 0.1) is 0 Å². The predicted octanol–water partition coefficient (Wildman–Crippen LogP) is 4.89. The molecular weight excluding hydrogens is 514 g/mol. The van der Waals surface area contributed by atoms with Gasteiger partial charge in [-0.25, -0.2) is 8.42 Å². The highest BCUT2D eigenvalue weighted by molar-refractivity contribution is 7.92. The SMILES string of the molecule is CCOc1ccc(N(CCCC(=O)N(Cc2ccccc2)[C@H](CC)C(=O)NC2CCCCC2)S(C)(=O)=O)cc1. The summed E-state index contributed by atoms with van der Waals surface area (Å²) in [4.78, 5) is 28.6. The zero-order chi connectivity index (χ0) is 28.3. The van der Waals surface area contributed by atoms with E-state index in [0.717, 1.165) is 37.5 Å². The van der Waals surface area contributed by atoms with Crippen LogP contribution in [0.1, 0.15) is 70.8 Å². The zero-order valence-corrected chi connectivity index (χ0v) is 24.3. The van der Waals surface area contributed by atoms with Gasteiger partial charge in [0.1, 0.15) is 11.8 Å². The molecule has 2 aromatic carbocycles. The number of nitrogens with zero attached hydrogens (tertiary/aromatic N) is 2. The Morgan fingerprint density at radius 2 is 1.67 bits per heavy atom. The van der Waals surface area contributed by atoms with Gasteiger partial charge in [0.05, 0.1) is 18.6 Å². The molecule has 0 radical (unpaired) electrons. The standard InChI is InChI=1S/C30H43N3O5S/c1-4-28(30(35)31-25-15-10-7-11-16-25)32(23-24-13-8-6-9-14-24)29(34)17-12-22-33(39(3,36)37)26-18-20-27(21-19-26)38-5-2/h6,8-9,13-14,18-21,25,28H,4-5,7,10-12,15-17,22-23H2,1-3H3,(H,31,35)/t28-/m1/s1. The smallest absolute Gasteiger partial charge is 0.243 e. The highest BCUT2D eigenvalue weighted by atomic mass is 32.2. The Labute approximate surface area is 233 Å². The van der Waals surface area contributed by atoms with Crippen LogP contribution in [0.3, 0.4) is 0 Å². The number of anilines is 1. The number of nitrogens with one attached hydrogen (secondary N) is 1. The van der Waals surface area contributed by atoms with Gasteiger partial charge < -0.3 is 15.0 Å². The fourth-order valence-corrected chi connectivity index (χ4v) is 6.09. The molecule has 2 amide bonds. The first-order valence-electron chi connectivity index (χ1n) is 14.1. The second kappa shape index (κ2) is 14.9. The molecular formula is C30H43N3O5S. The summed E-state index contributed by atoms with van der Waals surface area (Å²) in [6, 6.07) is 16.1. The van der Waals surface area contributed by atoms with Gasteiger partial charge in [-0.3, -0.25) is 13.9 Å². The number of rotatable bonds is 14. The molecule has 0 aliphatic heterocycles. The molecule has 214 valence electrons. The van der Waals surface area contributed by atoms with E-state index in [-0.39, 0.29) is 30.8 Å². The van der Waals surface area contributed by atoms with Gasteiger partial charge in [-0.1, -0.05) is 56.5 Å². The van der Waals surface area contributed by atoms with Crippen LogP contribution in [-0.2, 0) is 26.2 Å². The summed E-state index contributed by atoms with van der Waals surface area (Å²) in [5.74, 6) is 0.393. The second-order valence-electron chi connectivity index (χ2n) is 10.1. The normalized spacial score (nSPS) is 14.8. The molecule has 1 N–H and O–H groups in total. The van der Waals surface area contributed by atoms with Crippen LogP contribution >= 0.6 is 0 Å². The third-order valence-corrected chi connectivity index (χ3v) is 8.32. The maximum Gasteiger partial charge on any atom is 0.243 e. The lowest BCUT2D eigenvalue weighted by Crippen LogP contribution is -2.51. The monoisotopic (exact) mass is 557 g/mol. The first kappa shape index (κ1) is 30.5. The maximum absolute atomic E-state index is 13.6. The van der Waals surface area contributed by atoms with E-state index in [4.69, 9.17) is 4.74 Å². The quantitative estimate of drug-likeness (QED) is 0.357.